The van der Waals surface area contributed by atoms with Crippen LogP contribution in [-0.4, -0.2) is 37.8 Å². The minimum absolute atomic E-state index is 0.0500. The lowest BCUT2D eigenvalue weighted by Crippen LogP contribution is -2.36. The average molecular weight is 520 g/mol. The highest BCUT2D eigenvalue weighted by Crippen LogP contribution is 2.29. The van der Waals surface area contributed by atoms with Crippen molar-refractivity contribution in [3.05, 3.63) is 115 Å². The first kappa shape index (κ1) is 26.4. The number of ether oxygens (including phenoxy) is 1. The number of carbonyl (C=O) groups excluding carboxylic acids is 1. The van der Waals surface area contributed by atoms with E-state index in [4.69, 9.17) is 10.5 Å². The number of nitrogens with two attached hydrogens (primary N) is 1. The minimum Gasteiger partial charge on any atom is -0.427 e. The summed E-state index contributed by atoms with van der Waals surface area (Å²) in [6.07, 6.45) is 4.75. The number of esters is 1. The Hall–Kier alpha value is -3.66. The molecule has 0 unspecified atom stereocenters. The van der Waals surface area contributed by atoms with Crippen molar-refractivity contribution < 1.29 is 17.9 Å². The van der Waals surface area contributed by atoms with Gasteiger partial charge in [-0.25, -0.2) is 13.1 Å². The number of sulfonamides is 1. The third-order valence-electron chi connectivity index (χ3n) is 5.97. The number of carbonyl (C=O) groups is 1. The van der Waals surface area contributed by atoms with Crippen LogP contribution in [0.4, 0.5) is 0 Å². The van der Waals surface area contributed by atoms with Gasteiger partial charge in [0, 0.05) is 32.4 Å². The average Bonchev–Trinajstić information content (AvgIpc) is 3.33. The fourth-order valence-corrected chi connectivity index (χ4v) is 5.27. The third kappa shape index (κ3) is 7.19. The molecule has 1 radical (unpaired) electrons. The number of nitrogens with zero attached hydrogens (tertiary/aromatic N) is 2. The summed E-state index contributed by atoms with van der Waals surface area (Å²) in [7, 11) is -1.99. The van der Waals surface area contributed by atoms with E-state index in [1.54, 1.807) is 0 Å². The van der Waals surface area contributed by atoms with Crippen LogP contribution in [0.1, 0.15) is 36.1 Å². The Labute approximate surface area is 218 Å². The van der Waals surface area contributed by atoms with Gasteiger partial charge < -0.3 is 20.3 Å². The lowest BCUT2D eigenvalue weighted by atomic mass is 9.95. The summed E-state index contributed by atoms with van der Waals surface area (Å²) in [5.74, 6) is -0.0832. The molecule has 1 heterocycles. The quantitative estimate of drug-likeness (QED) is 0.292. The van der Waals surface area contributed by atoms with Crippen molar-refractivity contribution in [2.75, 3.05) is 13.6 Å². The Bertz CT molecular complexity index is 1300. The van der Waals surface area contributed by atoms with E-state index in [0.29, 0.717) is 13.0 Å². The first-order valence-electron chi connectivity index (χ1n) is 12.0. The molecule has 1 aliphatic heterocycles. The second kappa shape index (κ2) is 12.1. The zero-order chi connectivity index (χ0) is 26.3. The number of nitrogens with one attached hydrogen (secondary N) is 1. The number of benzene rings is 3. The standard InChI is InChI=1S/C28H31N4O4S/c1-31-19-20-32(21-31)18-8-13-26(33)36-24-14-16-25(17-15-24)37(34,35)30-28(23-11-6-3-7-12-23)27(29)22-9-4-2-5-10-22/h2-7,9-12,14-17,19-21,27-28,30H,8,13,18,29H2,1H3/t27-,28-/m0/s1. The van der Waals surface area contributed by atoms with Crippen molar-refractivity contribution in [3.8, 4) is 5.75 Å². The number of hydrogen-bond acceptors (Lipinski definition) is 7. The summed E-state index contributed by atoms with van der Waals surface area (Å²) < 4.78 is 34.7. The maximum atomic E-state index is 13.3. The molecule has 0 aliphatic carbocycles. The van der Waals surface area contributed by atoms with E-state index in [9.17, 15) is 13.2 Å². The normalized spacial score (nSPS) is 15.0. The van der Waals surface area contributed by atoms with Crippen LogP contribution in [0.25, 0.3) is 0 Å². The fraction of sp³-hybridized carbons (Fsp3) is 0.214. The second-order valence-corrected chi connectivity index (χ2v) is 10.5. The summed E-state index contributed by atoms with van der Waals surface area (Å²) in [6, 6.07) is 23.1. The molecule has 193 valence electrons. The molecule has 2 atom stereocenters. The SMILES string of the molecule is CN1[CH]N(CCCC(=O)Oc2ccc(S(=O)(=O)N[C@@H](c3ccccc3)[C@@H](N)c3ccccc3)cc2)C=C1. The van der Waals surface area contributed by atoms with Crippen molar-refractivity contribution in [2.45, 2.75) is 29.8 Å². The Morgan fingerprint density at radius 1 is 0.919 bits per heavy atom. The second-order valence-electron chi connectivity index (χ2n) is 8.81. The molecule has 0 fully saturated rings. The lowest BCUT2D eigenvalue weighted by molar-refractivity contribution is -0.134. The zero-order valence-electron chi connectivity index (χ0n) is 20.6. The van der Waals surface area contributed by atoms with Crippen LogP contribution in [-0.2, 0) is 14.8 Å². The van der Waals surface area contributed by atoms with Crippen LogP contribution in [0.5, 0.6) is 5.75 Å². The first-order valence-corrected chi connectivity index (χ1v) is 13.5. The van der Waals surface area contributed by atoms with Crippen molar-refractivity contribution in [1.82, 2.24) is 14.5 Å². The molecule has 3 N–H and O–H groups in total. The lowest BCUT2D eigenvalue weighted by Gasteiger charge is -2.26. The molecule has 3 aromatic rings. The monoisotopic (exact) mass is 519 g/mol. The van der Waals surface area contributed by atoms with Crippen LogP contribution in [0.15, 0.2) is 102 Å². The fourth-order valence-electron chi connectivity index (χ4n) is 4.02. The maximum Gasteiger partial charge on any atom is 0.311 e. The molecule has 9 heteroatoms. The van der Waals surface area contributed by atoms with Crippen LogP contribution >= 0.6 is 0 Å². The van der Waals surface area contributed by atoms with Crippen molar-refractivity contribution in [2.24, 2.45) is 5.73 Å². The molecule has 0 amide bonds. The van der Waals surface area contributed by atoms with Crippen molar-refractivity contribution in [3.63, 3.8) is 0 Å². The molecule has 1 aliphatic rings. The highest BCUT2D eigenvalue weighted by atomic mass is 32.2. The predicted molar refractivity (Wildman–Crippen MR) is 142 cm³/mol. The summed E-state index contributed by atoms with van der Waals surface area (Å²) >= 11 is 0. The van der Waals surface area contributed by atoms with Gasteiger partial charge in [-0.1, -0.05) is 60.7 Å². The Morgan fingerprint density at radius 2 is 1.54 bits per heavy atom. The van der Waals surface area contributed by atoms with Gasteiger partial charge in [0.15, 0.2) is 0 Å². The largest absolute Gasteiger partial charge is 0.427 e. The molecular weight excluding hydrogens is 488 g/mol. The molecule has 0 spiro atoms. The third-order valence-corrected chi connectivity index (χ3v) is 7.43. The molecule has 4 rings (SSSR count). The van der Waals surface area contributed by atoms with Crippen LogP contribution < -0.4 is 15.2 Å². The molecule has 3 aromatic carbocycles. The molecule has 0 bridgehead atoms. The van der Waals surface area contributed by atoms with E-state index in [-0.39, 0.29) is 23.0 Å². The van der Waals surface area contributed by atoms with Crippen molar-refractivity contribution >= 4 is 16.0 Å². The van der Waals surface area contributed by atoms with E-state index in [1.807, 2.05) is 96.6 Å². The summed E-state index contributed by atoms with van der Waals surface area (Å²) in [5, 5.41) is 0. The zero-order valence-corrected chi connectivity index (χ0v) is 21.4. The van der Waals surface area contributed by atoms with Crippen LogP contribution in [0.2, 0.25) is 0 Å². The smallest absolute Gasteiger partial charge is 0.311 e. The van der Waals surface area contributed by atoms with Crippen LogP contribution in [0, 0.1) is 6.67 Å². The van der Waals surface area contributed by atoms with Gasteiger partial charge >= 0.3 is 5.97 Å². The van der Waals surface area contributed by atoms with Gasteiger partial charge in [0.1, 0.15) is 12.4 Å². The van der Waals surface area contributed by atoms with Gasteiger partial charge in [0.25, 0.3) is 0 Å². The highest BCUT2D eigenvalue weighted by molar-refractivity contribution is 7.89. The number of rotatable bonds is 11. The molecule has 37 heavy (non-hydrogen) atoms. The van der Waals surface area contributed by atoms with E-state index < -0.39 is 22.1 Å². The van der Waals surface area contributed by atoms with Crippen molar-refractivity contribution in [1.29, 1.82) is 0 Å². The van der Waals surface area contributed by atoms with Gasteiger partial charge in [0.05, 0.1) is 17.0 Å². The van der Waals surface area contributed by atoms with E-state index in [2.05, 4.69) is 4.72 Å². The Morgan fingerprint density at radius 3 is 2.14 bits per heavy atom. The predicted octanol–water partition coefficient (Wildman–Crippen LogP) is 3.93. The molecule has 0 saturated carbocycles. The topological polar surface area (TPSA) is 105 Å². The molecule has 0 aromatic heterocycles. The van der Waals surface area contributed by atoms with Gasteiger partial charge in [0.2, 0.25) is 10.0 Å². The molecule has 0 saturated heterocycles. The summed E-state index contributed by atoms with van der Waals surface area (Å²) in [4.78, 5) is 16.2. The highest BCUT2D eigenvalue weighted by Gasteiger charge is 2.27. The summed E-state index contributed by atoms with van der Waals surface area (Å²) in [6.45, 7) is 2.64. The molecule has 8 nitrogen and oxygen atoms in total. The van der Waals surface area contributed by atoms with Crippen LogP contribution in [0.3, 0.4) is 0 Å². The molecular formula is C28H31N4O4S. The van der Waals surface area contributed by atoms with Gasteiger partial charge in [-0.15, -0.1) is 0 Å². The van der Waals surface area contributed by atoms with E-state index >= 15 is 0 Å². The maximum absolute atomic E-state index is 13.3. The number of hydrogen-bond donors (Lipinski definition) is 2. The van der Waals surface area contributed by atoms with E-state index in [1.165, 1.54) is 24.3 Å². The Balaban J connectivity index is 1.40. The van der Waals surface area contributed by atoms with Gasteiger partial charge in [-0.05, 0) is 41.8 Å². The van der Waals surface area contributed by atoms with E-state index in [0.717, 1.165) is 11.1 Å². The van der Waals surface area contributed by atoms with Gasteiger partial charge in [-0.3, -0.25) is 4.79 Å². The minimum atomic E-state index is -3.92. The van der Waals surface area contributed by atoms with Gasteiger partial charge in [-0.2, -0.15) is 0 Å². The Kier molecular flexibility index (Phi) is 8.60. The summed E-state index contributed by atoms with van der Waals surface area (Å²) in [5.41, 5.74) is 8.09. The first-order chi connectivity index (χ1) is 17.8.